The van der Waals surface area contributed by atoms with Crippen LogP contribution in [-0.2, 0) is 6.54 Å². The van der Waals surface area contributed by atoms with E-state index in [9.17, 15) is 5.11 Å². The average Bonchev–Trinajstić information content (AvgIpc) is 2.77. The lowest BCUT2D eigenvalue weighted by Crippen LogP contribution is -2.09. The zero-order valence-corrected chi connectivity index (χ0v) is 8.98. The van der Waals surface area contributed by atoms with Gasteiger partial charge in [0, 0.05) is 30.8 Å². The fourth-order valence-corrected chi connectivity index (χ4v) is 1.93. The van der Waals surface area contributed by atoms with Crippen LogP contribution < -0.4 is 0 Å². The molecule has 15 heavy (non-hydrogen) atoms. The molecule has 3 heteroatoms. The minimum atomic E-state index is -0.405. The molecule has 3 nitrogen and oxygen atoms in total. The summed E-state index contributed by atoms with van der Waals surface area (Å²) in [5.41, 5.74) is 1.17. The van der Waals surface area contributed by atoms with Crippen LogP contribution in [0.15, 0.2) is 18.5 Å². The van der Waals surface area contributed by atoms with Crippen molar-refractivity contribution in [3.8, 4) is 6.07 Å². The van der Waals surface area contributed by atoms with E-state index in [1.54, 1.807) is 6.92 Å². The van der Waals surface area contributed by atoms with Crippen LogP contribution in [0.5, 0.6) is 0 Å². The van der Waals surface area contributed by atoms with Crippen molar-refractivity contribution in [3.63, 3.8) is 0 Å². The van der Waals surface area contributed by atoms with Gasteiger partial charge in [-0.25, -0.2) is 0 Å². The lowest BCUT2D eigenvalue weighted by atomic mass is 10.0. The normalized spacial score (nSPS) is 19.5. The van der Waals surface area contributed by atoms with Crippen LogP contribution in [0, 0.1) is 16.7 Å². The monoisotopic (exact) mass is 204 g/mol. The third-order valence-electron chi connectivity index (χ3n) is 3.18. The van der Waals surface area contributed by atoms with E-state index in [1.165, 1.54) is 0 Å². The molecule has 0 saturated heterocycles. The zero-order valence-electron chi connectivity index (χ0n) is 8.98. The Bertz CT molecular complexity index is 383. The van der Waals surface area contributed by atoms with E-state index in [2.05, 4.69) is 10.6 Å². The predicted molar refractivity (Wildman–Crippen MR) is 57.0 cm³/mol. The SMILES string of the molecule is CC(O)c1ccn(CC2(CC#N)CC2)c1. The molecule has 0 amide bonds. The van der Waals surface area contributed by atoms with Crippen LogP contribution in [0.1, 0.15) is 37.9 Å². The molecule has 0 aliphatic heterocycles. The molecule has 1 aromatic heterocycles. The van der Waals surface area contributed by atoms with Crippen LogP contribution in [0.4, 0.5) is 0 Å². The van der Waals surface area contributed by atoms with Crippen molar-refractivity contribution in [2.45, 2.75) is 38.8 Å². The van der Waals surface area contributed by atoms with Crippen LogP contribution in [0.3, 0.4) is 0 Å². The first-order valence-corrected chi connectivity index (χ1v) is 5.36. The summed E-state index contributed by atoms with van der Waals surface area (Å²) in [7, 11) is 0. The van der Waals surface area contributed by atoms with Crippen LogP contribution in [0.2, 0.25) is 0 Å². The smallest absolute Gasteiger partial charge is 0.0776 e. The maximum absolute atomic E-state index is 9.39. The molecule has 1 N–H and O–H groups in total. The highest BCUT2D eigenvalue weighted by atomic mass is 16.3. The first kappa shape index (κ1) is 10.3. The van der Waals surface area contributed by atoms with Gasteiger partial charge in [0.15, 0.2) is 0 Å². The molecule has 0 spiro atoms. The van der Waals surface area contributed by atoms with Crippen molar-refractivity contribution in [1.29, 1.82) is 5.26 Å². The first-order valence-electron chi connectivity index (χ1n) is 5.36. The molecule has 0 bridgehead atoms. The summed E-state index contributed by atoms with van der Waals surface area (Å²) >= 11 is 0. The summed E-state index contributed by atoms with van der Waals surface area (Å²) in [5, 5.41) is 18.1. The molecule has 80 valence electrons. The second kappa shape index (κ2) is 3.71. The second-order valence-electron chi connectivity index (χ2n) is 4.63. The van der Waals surface area contributed by atoms with E-state index in [0.717, 1.165) is 24.9 Å². The van der Waals surface area contributed by atoms with Crippen molar-refractivity contribution in [2.24, 2.45) is 5.41 Å². The van der Waals surface area contributed by atoms with Gasteiger partial charge in [-0.1, -0.05) is 0 Å². The van der Waals surface area contributed by atoms with E-state index in [-0.39, 0.29) is 5.41 Å². The van der Waals surface area contributed by atoms with Gasteiger partial charge in [-0.15, -0.1) is 0 Å². The standard InChI is InChI=1S/C12H16N2O/c1-10(15)11-2-7-14(8-11)9-12(3-4-12)5-6-13/h2,7-8,10,15H,3-5,9H2,1H3. The molecule has 1 aliphatic carbocycles. The van der Waals surface area contributed by atoms with Gasteiger partial charge in [0.1, 0.15) is 0 Å². The summed E-state index contributed by atoms with van der Waals surface area (Å²) in [4.78, 5) is 0. The van der Waals surface area contributed by atoms with E-state index in [1.807, 2.05) is 18.5 Å². The van der Waals surface area contributed by atoms with Gasteiger partial charge in [-0.3, -0.25) is 0 Å². The number of hydrogen-bond donors (Lipinski definition) is 1. The third-order valence-corrected chi connectivity index (χ3v) is 3.18. The van der Waals surface area contributed by atoms with E-state index in [0.29, 0.717) is 6.42 Å². The molecule has 1 fully saturated rings. The van der Waals surface area contributed by atoms with Gasteiger partial charge in [-0.05, 0) is 31.4 Å². The van der Waals surface area contributed by atoms with Gasteiger partial charge in [-0.2, -0.15) is 5.26 Å². The van der Waals surface area contributed by atoms with Crippen molar-refractivity contribution in [1.82, 2.24) is 4.57 Å². The summed E-state index contributed by atoms with van der Waals surface area (Å²) < 4.78 is 2.09. The Balaban J connectivity index is 2.02. The van der Waals surface area contributed by atoms with Crippen molar-refractivity contribution < 1.29 is 5.11 Å². The van der Waals surface area contributed by atoms with E-state index in [4.69, 9.17) is 5.26 Å². The fraction of sp³-hybridized carbons (Fsp3) is 0.583. The van der Waals surface area contributed by atoms with Crippen LogP contribution in [0.25, 0.3) is 0 Å². The highest BCUT2D eigenvalue weighted by Crippen LogP contribution is 2.49. The molecule has 1 heterocycles. The quantitative estimate of drug-likeness (QED) is 0.817. The number of nitriles is 1. The average molecular weight is 204 g/mol. The number of nitrogens with zero attached hydrogens (tertiary/aromatic N) is 2. The Morgan fingerprint density at radius 3 is 2.87 bits per heavy atom. The van der Waals surface area contributed by atoms with Gasteiger partial charge < -0.3 is 9.67 Å². The zero-order chi connectivity index (χ0) is 10.9. The molecule has 2 rings (SSSR count). The maximum Gasteiger partial charge on any atom is 0.0776 e. The minimum Gasteiger partial charge on any atom is -0.389 e. The Kier molecular flexibility index (Phi) is 2.54. The lowest BCUT2D eigenvalue weighted by molar-refractivity contribution is 0.199. The Morgan fingerprint density at radius 1 is 1.67 bits per heavy atom. The number of aliphatic hydroxyl groups is 1. The van der Waals surface area contributed by atoms with E-state index < -0.39 is 6.10 Å². The van der Waals surface area contributed by atoms with Crippen molar-refractivity contribution in [3.05, 3.63) is 24.0 Å². The topological polar surface area (TPSA) is 49.0 Å². The van der Waals surface area contributed by atoms with Crippen LogP contribution in [-0.4, -0.2) is 9.67 Å². The summed E-state index contributed by atoms with van der Waals surface area (Å²) in [6.07, 6.45) is 6.51. The summed E-state index contributed by atoms with van der Waals surface area (Å²) in [5.74, 6) is 0. The fourth-order valence-electron chi connectivity index (χ4n) is 1.93. The molecule has 0 aromatic carbocycles. The van der Waals surface area contributed by atoms with Crippen molar-refractivity contribution in [2.75, 3.05) is 0 Å². The number of rotatable bonds is 4. The first-order chi connectivity index (χ1) is 7.15. The number of hydrogen-bond acceptors (Lipinski definition) is 2. The minimum absolute atomic E-state index is 0.226. The Labute approximate surface area is 90.0 Å². The second-order valence-corrected chi connectivity index (χ2v) is 4.63. The molecule has 1 aliphatic rings. The van der Waals surface area contributed by atoms with Crippen LogP contribution >= 0.6 is 0 Å². The number of aliphatic hydroxyl groups excluding tert-OH is 1. The van der Waals surface area contributed by atoms with Gasteiger partial charge in [0.2, 0.25) is 0 Å². The summed E-state index contributed by atoms with van der Waals surface area (Å²) in [6.45, 7) is 2.68. The van der Waals surface area contributed by atoms with Gasteiger partial charge in [0.05, 0.1) is 12.2 Å². The van der Waals surface area contributed by atoms with Gasteiger partial charge in [0.25, 0.3) is 0 Å². The molecule has 1 atom stereocenters. The van der Waals surface area contributed by atoms with E-state index >= 15 is 0 Å². The lowest BCUT2D eigenvalue weighted by Gasteiger charge is -2.11. The summed E-state index contributed by atoms with van der Waals surface area (Å²) in [6, 6.07) is 4.20. The molecule has 0 radical (unpaired) electrons. The van der Waals surface area contributed by atoms with Crippen molar-refractivity contribution >= 4 is 0 Å². The largest absolute Gasteiger partial charge is 0.389 e. The molecular formula is C12H16N2O. The number of aromatic nitrogens is 1. The van der Waals surface area contributed by atoms with Gasteiger partial charge >= 0.3 is 0 Å². The Hall–Kier alpha value is -1.27. The third kappa shape index (κ3) is 2.21. The highest BCUT2D eigenvalue weighted by molar-refractivity contribution is 5.13. The highest BCUT2D eigenvalue weighted by Gasteiger charge is 2.42. The molecule has 1 aromatic rings. The molecule has 1 saturated carbocycles. The molecule has 1 unspecified atom stereocenters. The predicted octanol–water partition coefficient (Wildman–Crippen LogP) is 2.24. The Morgan fingerprint density at radius 2 is 2.40 bits per heavy atom. The molecular weight excluding hydrogens is 188 g/mol. The maximum atomic E-state index is 9.39.